The summed E-state index contributed by atoms with van der Waals surface area (Å²) in [6, 6.07) is 0. The van der Waals surface area contributed by atoms with E-state index in [1.165, 1.54) is 35.2 Å². The van der Waals surface area contributed by atoms with Gasteiger partial charge in [-0.15, -0.1) is 0 Å². The minimum atomic E-state index is -0.586. The summed E-state index contributed by atoms with van der Waals surface area (Å²) in [6.07, 6.45) is 8.85. The maximum absolute atomic E-state index is 12.8. The third kappa shape index (κ3) is 3.49. The summed E-state index contributed by atoms with van der Waals surface area (Å²) in [5.74, 6) is 0.894. The Labute approximate surface area is 191 Å². The highest BCUT2D eigenvalue weighted by Crippen LogP contribution is 2.45. The Hall–Kier alpha value is -3.26. The molecule has 2 aliphatic heterocycles. The number of carbonyl (C=O) groups excluding carboxylic acids is 1. The lowest BCUT2D eigenvalue weighted by Gasteiger charge is -2.18. The van der Waals surface area contributed by atoms with Crippen molar-refractivity contribution in [3.63, 3.8) is 0 Å². The van der Waals surface area contributed by atoms with Crippen molar-refractivity contribution in [3.8, 4) is 5.88 Å². The van der Waals surface area contributed by atoms with Crippen molar-refractivity contribution in [2.75, 3.05) is 13.1 Å². The Bertz CT molecular complexity index is 1290. The first-order valence-corrected chi connectivity index (χ1v) is 11.6. The van der Waals surface area contributed by atoms with E-state index in [0.29, 0.717) is 18.5 Å². The number of allylic oxidation sites excluding steroid dienone is 2. The van der Waals surface area contributed by atoms with Gasteiger partial charge in [0.1, 0.15) is 0 Å². The molecule has 4 aliphatic rings. The van der Waals surface area contributed by atoms with E-state index in [2.05, 4.69) is 29.0 Å². The SMILES string of the molecule is Cc1[nH]c(C=C2C(=O)NC3=C2CC(Cn2c(O)coc2=O)C=C3)c(C)c1CN1C[C@H]2C[C@H]2C1. The molecule has 2 fully saturated rings. The van der Waals surface area contributed by atoms with Crippen LogP contribution < -0.4 is 11.1 Å². The highest BCUT2D eigenvalue weighted by molar-refractivity contribution is 6.07. The zero-order valence-corrected chi connectivity index (χ0v) is 18.9. The molecule has 1 unspecified atom stereocenters. The first kappa shape index (κ1) is 20.4. The van der Waals surface area contributed by atoms with Gasteiger partial charge in [0.05, 0.1) is 0 Å². The van der Waals surface area contributed by atoms with Crippen LogP contribution in [0.15, 0.2) is 44.5 Å². The topological polar surface area (TPSA) is 103 Å². The summed E-state index contributed by atoms with van der Waals surface area (Å²) < 4.78 is 5.97. The average molecular weight is 449 g/mol. The zero-order chi connectivity index (χ0) is 22.9. The van der Waals surface area contributed by atoms with Gasteiger partial charge in [0.25, 0.3) is 5.91 Å². The number of hydrogen-bond donors (Lipinski definition) is 3. The number of aromatic hydroxyl groups is 1. The lowest BCUT2D eigenvalue weighted by molar-refractivity contribution is -0.115. The van der Waals surface area contributed by atoms with Gasteiger partial charge in [-0.05, 0) is 73.3 Å². The van der Waals surface area contributed by atoms with Crippen LogP contribution in [-0.4, -0.2) is 38.6 Å². The molecule has 0 radical (unpaired) electrons. The fraction of sp³-hybridized carbons (Fsp3) is 0.440. The number of aromatic nitrogens is 2. The van der Waals surface area contributed by atoms with Gasteiger partial charge < -0.3 is 19.8 Å². The van der Waals surface area contributed by atoms with Crippen molar-refractivity contribution in [3.05, 3.63) is 68.3 Å². The van der Waals surface area contributed by atoms with Crippen LogP contribution >= 0.6 is 0 Å². The number of fused-ring (bicyclic) bond motifs is 1. The molecule has 1 amide bonds. The molecule has 3 N–H and O–H groups in total. The van der Waals surface area contributed by atoms with Crippen molar-refractivity contribution >= 4 is 12.0 Å². The van der Waals surface area contributed by atoms with Gasteiger partial charge in [0.2, 0.25) is 5.88 Å². The van der Waals surface area contributed by atoms with Gasteiger partial charge in [-0.3, -0.25) is 9.69 Å². The fourth-order valence-electron chi connectivity index (χ4n) is 5.67. The van der Waals surface area contributed by atoms with E-state index in [4.69, 9.17) is 4.42 Å². The Kier molecular flexibility index (Phi) is 4.55. The predicted octanol–water partition coefficient (Wildman–Crippen LogP) is 2.59. The molecule has 6 rings (SSSR count). The van der Waals surface area contributed by atoms with E-state index in [9.17, 15) is 14.7 Å². The van der Waals surface area contributed by atoms with E-state index in [0.717, 1.165) is 47.3 Å². The molecule has 8 nitrogen and oxygen atoms in total. The third-order valence-corrected chi connectivity index (χ3v) is 7.68. The summed E-state index contributed by atoms with van der Waals surface area (Å²) in [6.45, 7) is 7.88. The molecule has 0 aromatic carbocycles. The second-order valence-electron chi connectivity index (χ2n) is 9.92. The van der Waals surface area contributed by atoms with Gasteiger partial charge in [0.15, 0.2) is 6.26 Å². The van der Waals surface area contributed by atoms with Crippen LogP contribution in [0.1, 0.15) is 35.4 Å². The second kappa shape index (κ2) is 7.38. The largest absolute Gasteiger partial charge is 0.492 e. The van der Waals surface area contributed by atoms with Gasteiger partial charge in [0, 0.05) is 48.8 Å². The van der Waals surface area contributed by atoms with E-state index in [1.807, 2.05) is 18.2 Å². The van der Waals surface area contributed by atoms with Crippen LogP contribution in [0.3, 0.4) is 0 Å². The highest BCUT2D eigenvalue weighted by Gasteiger charge is 2.45. The number of likely N-dealkylation sites (tertiary alicyclic amines) is 1. The minimum absolute atomic E-state index is 0.0373. The number of H-pyrrole nitrogens is 1. The number of amides is 1. The molecule has 33 heavy (non-hydrogen) atoms. The van der Waals surface area contributed by atoms with E-state index in [-0.39, 0.29) is 17.7 Å². The number of aromatic amines is 1. The van der Waals surface area contributed by atoms with Crippen molar-refractivity contribution in [1.29, 1.82) is 0 Å². The van der Waals surface area contributed by atoms with Gasteiger partial charge in [-0.2, -0.15) is 0 Å². The van der Waals surface area contributed by atoms with Crippen molar-refractivity contribution in [2.45, 2.75) is 39.8 Å². The summed E-state index contributed by atoms with van der Waals surface area (Å²) in [5, 5.41) is 12.8. The monoisotopic (exact) mass is 448 g/mol. The number of nitrogens with one attached hydrogen (secondary N) is 2. The number of piperidine rings is 1. The third-order valence-electron chi connectivity index (χ3n) is 7.68. The van der Waals surface area contributed by atoms with Gasteiger partial charge in [-0.25, -0.2) is 9.36 Å². The van der Waals surface area contributed by atoms with Crippen LogP contribution in [0.2, 0.25) is 0 Å². The fourth-order valence-corrected chi connectivity index (χ4v) is 5.67. The lowest BCUT2D eigenvalue weighted by atomic mass is 9.89. The van der Waals surface area contributed by atoms with Crippen LogP contribution in [0.5, 0.6) is 5.88 Å². The summed E-state index contributed by atoms with van der Waals surface area (Å²) in [7, 11) is 0. The number of carbonyl (C=O) groups is 1. The number of rotatable bonds is 5. The van der Waals surface area contributed by atoms with Crippen LogP contribution in [-0.2, 0) is 17.9 Å². The van der Waals surface area contributed by atoms with Crippen LogP contribution in [0, 0.1) is 31.6 Å². The van der Waals surface area contributed by atoms with Crippen molar-refractivity contribution < 1.29 is 14.3 Å². The molecule has 2 aliphatic carbocycles. The van der Waals surface area contributed by atoms with E-state index in [1.54, 1.807) is 0 Å². The Balaban J connectivity index is 1.24. The molecule has 4 heterocycles. The molecule has 172 valence electrons. The molecular weight excluding hydrogens is 420 g/mol. The molecule has 0 spiro atoms. The van der Waals surface area contributed by atoms with Crippen molar-refractivity contribution in [2.24, 2.45) is 17.8 Å². The average Bonchev–Trinajstić information content (AvgIpc) is 3.00. The number of oxazole rings is 1. The van der Waals surface area contributed by atoms with E-state index >= 15 is 0 Å². The Morgan fingerprint density at radius 1 is 1.24 bits per heavy atom. The minimum Gasteiger partial charge on any atom is -0.492 e. The molecular formula is C25H28N4O4. The summed E-state index contributed by atoms with van der Waals surface area (Å²) in [5.41, 5.74) is 7.05. The molecule has 3 atom stereocenters. The van der Waals surface area contributed by atoms with Crippen molar-refractivity contribution in [1.82, 2.24) is 19.8 Å². The molecule has 1 saturated heterocycles. The highest BCUT2D eigenvalue weighted by atomic mass is 16.4. The predicted molar refractivity (Wildman–Crippen MR) is 122 cm³/mol. The van der Waals surface area contributed by atoms with Gasteiger partial charge >= 0.3 is 5.76 Å². The first-order valence-electron chi connectivity index (χ1n) is 11.6. The molecule has 2 aromatic rings. The number of hydrogen-bond acceptors (Lipinski definition) is 5. The Morgan fingerprint density at radius 3 is 2.76 bits per heavy atom. The standard InChI is InChI=1S/C25H28N4O4/c1-13-20(11-28-9-16-6-17(16)10-28)14(2)26-22(13)7-19-18-5-15(3-4-21(18)27-24(19)31)8-29-23(30)12-33-25(29)32/h3-4,7,12,15-17,26,30H,5-6,8-11H2,1-2H3,(H,27,31)/t15?,16-,17+. The van der Waals surface area contributed by atoms with Crippen LogP contribution in [0.25, 0.3) is 6.08 Å². The molecule has 1 saturated carbocycles. The molecule has 2 aromatic heterocycles. The normalized spacial score (nSPS) is 27.4. The summed E-state index contributed by atoms with van der Waals surface area (Å²) in [4.78, 5) is 30.7. The summed E-state index contributed by atoms with van der Waals surface area (Å²) >= 11 is 0. The smallest absolute Gasteiger partial charge is 0.421 e. The second-order valence-corrected chi connectivity index (χ2v) is 9.92. The Morgan fingerprint density at radius 2 is 2.03 bits per heavy atom. The number of nitrogens with zero attached hydrogens (tertiary/aromatic N) is 2. The van der Waals surface area contributed by atoms with E-state index < -0.39 is 5.76 Å². The first-order chi connectivity index (χ1) is 15.9. The maximum Gasteiger partial charge on any atom is 0.421 e. The van der Waals surface area contributed by atoms with Crippen LogP contribution in [0.4, 0.5) is 0 Å². The molecule has 0 bridgehead atoms. The number of aryl methyl sites for hydroxylation is 1. The van der Waals surface area contributed by atoms with Gasteiger partial charge in [-0.1, -0.05) is 6.08 Å². The quantitative estimate of drug-likeness (QED) is 0.610. The molecule has 8 heteroatoms. The lowest BCUT2D eigenvalue weighted by Crippen LogP contribution is -2.22. The zero-order valence-electron chi connectivity index (χ0n) is 18.9. The maximum atomic E-state index is 12.8.